The Labute approximate surface area is 173 Å². The smallest absolute Gasteiger partial charge is 0.253 e. The van der Waals surface area contributed by atoms with Gasteiger partial charge < -0.3 is 4.90 Å². The number of likely N-dealkylation sites (tertiary alicyclic amines) is 1. The van der Waals surface area contributed by atoms with E-state index in [2.05, 4.69) is 15.3 Å². The molecule has 2 fully saturated rings. The Morgan fingerprint density at radius 1 is 1.00 bits per heavy atom. The summed E-state index contributed by atoms with van der Waals surface area (Å²) in [5.41, 5.74) is 2.59. The van der Waals surface area contributed by atoms with E-state index in [4.69, 9.17) is 0 Å². The van der Waals surface area contributed by atoms with Crippen LogP contribution in [0.1, 0.15) is 39.5 Å². The summed E-state index contributed by atoms with van der Waals surface area (Å²) in [6.45, 7) is 6.17. The van der Waals surface area contributed by atoms with Gasteiger partial charge in [-0.05, 0) is 24.6 Å². The largest absolute Gasteiger partial charge is 0.336 e. The normalized spacial score (nSPS) is 18.0. The number of imide groups is 1. The molecule has 2 aliphatic heterocycles. The monoisotopic (exact) mass is 412 g/mol. The molecular formula is C21H24N4O3S. The van der Waals surface area contributed by atoms with Gasteiger partial charge >= 0.3 is 0 Å². The molecule has 4 rings (SSSR count). The maximum atomic E-state index is 12.8. The number of amides is 3. The second kappa shape index (κ2) is 8.42. The predicted octanol–water partition coefficient (Wildman–Crippen LogP) is 2.06. The summed E-state index contributed by atoms with van der Waals surface area (Å²) in [6.07, 6.45) is 0.590. The lowest BCUT2D eigenvalue weighted by atomic mass is 10.1. The number of benzene rings is 1. The summed E-state index contributed by atoms with van der Waals surface area (Å²) < 4.78 is 0. The number of thiazole rings is 1. The zero-order valence-electron chi connectivity index (χ0n) is 16.5. The van der Waals surface area contributed by atoms with Gasteiger partial charge in [0, 0.05) is 56.5 Å². The standard InChI is InChI=1S/C21H24N4O3S/c1-15-22-18(14-29-15)13-23-8-10-24(11-9-23)21(28)17-4-2-16(3-5-17)12-25-19(26)6-7-20(25)27/h2-5,14H,6-13H2,1H3. The molecule has 29 heavy (non-hydrogen) atoms. The minimum atomic E-state index is -0.124. The van der Waals surface area contributed by atoms with E-state index in [1.54, 1.807) is 23.5 Å². The van der Waals surface area contributed by atoms with Crippen molar-refractivity contribution in [1.82, 2.24) is 19.7 Å². The SMILES string of the molecule is Cc1nc(CN2CCN(C(=O)c3ccc(CN4C(=O)CCC4=O)cc3)CC2)cs1. The Kier molecular flexibility index (Phi) is 5.73. The quantitative estimate of drug-likeness (QED) is 0.703. The summed E-state index contributed by atoms with van der Waals surface area (Å²) in [7, 11) is 0. The molecule has 0 aliphatic carbocycles. The number of carbonyl (C=O) groups excluding carboxylic acids is 3. The molecular weight excluding hydrogens is 388 g/mol. The van der Waals surface area contributed by atoms with E-state index in [9.17, 15) is 14.4 Å². The van der Waals surface area contributed by atoms with E-state index in [0.717, 1.165) is 35.9 Å². The fourth-order valence-corrected chi connectivity index (χ4v) is 4.34. The van der Waals surface area contributed by atoms with Gasteiger partial charge in [0.2, 0.25) is 11.8 Å². The van der Waals surface area contributed by atoms with Crippen LogP contribution in [0.5, 0.6) is 0 Å². The molecule has 0 N–H and O–H groups in total. The van der Waals surface area contributed by atoms with E-state index in [1.165, 1.54) is 4.90 Å². The predicted molar refractivity (Wildman–Crippen MR) is 109 cm³/mol. The van der Waals surface area contributed by atoms with Gasteiger partial charge in [-0.3, -0.25) is 24.2 Å². The molecule has 3 amide bonds. The lowest BCUT2D eigenvalue weighted by molar-refractivity contribution is -0.139. The number of aromatic nitrogens is 1. The van der Waals surface area contributed by atoms with Crippen LogP contribution in [0.4, 0.5) is 0 Å². The molecule has 0 saturated carbocycles. The Bertz CT molecular complexity index is 900. The molecule has 152 valence electrons. The van der Waals surface area contributed by atoms with Crippen molar-refractivity contribution in [3.05, 3.63) is 51.5 Å². The molecule has 0 radical (unpaired) electrons. The highest BCUT2D eigenvalue weighted by molar-refractivity contribution is 7.09. The highest BCUT2D eigenvalue weighted by Crippen LogP contribution is 2.18. The molecule has 7 nitrogen and oxygen atoms in total. The van der Waals surface area contributed by atoms with E-state index >= 15 is 0 Å². The third-order valence-corrected chi connectivity index (χ3v) is 6.23. The van der Waals surface area contributed by atoms with Gasteiger partial charge in [0.25, 0.3) is 5.91 Å². The second-order valence-corrected chi connectivity index (χ2v) is 8.56. The van der Waals surface area contributed by atoms with Crippen LogP contribution in [0.3, 0.4) is 0 Å². The number of carbonyl (C=O) groups is 3. The first kappa shape index (κ1) is 19.7. The van der Waals surface area contributed by atoms with Gasteiger partial charge in [-0.1, -0.05) is 12.1 Å². The summed E-state index contributed by atoms with van der Waals surface area (Å²) in [5.74, 6) is -0.226. The lowest BCUT2D eigenvalue weighted by Gasteiger charge is -2.34. The Hall–Kier alpha value is -2.58. The maximum Gasteiger partial charge on any atom is 0.253 e. The van der Waals surface area contributed by atoms with Gasteiger partial charge in [0.1, 0.15) is 0 Å². The van der Waals surface area contributed by atoms with Crippen LogP contribution >= 0.6 is 11.3 Å². The fourth-order valence-electron chi connectivity index (χ4n) is 3.74. The number of rotatable bonds is 5. The van der Waals surface area contributed by atoms with Crippen molar-refractivity contribution >= 4 is 29.1 Å². The average molecular weight is 413 g/mol. The van der Waals surface area contributed by atoms with Crippen molar-refractivity contribution in [2.75, 3.05) is 26.2 Å². The average Bonchev–Trinajstić information content (AvgIpc) is 3.28. The molecule has 1 aromatic carbocycles. The van der Waals surface area contributed by atoms with Crippen LogP contribution in [0, 0.1) is 6.92 Å². The third kappa shape index (κ3) is 4.54. The van der Waals surface area contributed by atoms with Crippen LogP contribution in [0.15, 0.2) is 29.6 Å². The zero-order valence-corrected chi connectivity index (χ0v) is 17.3. The van der Waals surface area contributed by atoms with Crippen molar-refractivity contribution < 1.29 is 14.4 Å². The number of hydrogen-bond acceptors (Lipinski definition) is 6. The zero-order chi connectivity index (χ0) is 20.4. The van der Waals surface area contributed by atoms with Crippen molar-refractivity contribution in [2.45, 2.75) is 32.9 Å². The molecule has 0 spiro atoms. The maximum absolute atomic E-state index is 12.8. The molecule has 3 heterocycles. The number of piperazine rings is 1. The minimum absolute atomic E-state index is 0.0222. The van der Waals surface area contributed by atoms with Crippen LogP contribution in [-0.2, 0) is 22.7 Å². The van der Waals surface area contributed by atoms with E-state index in [0.29, 0.717) is 31.5 Å². The summed E-state index contributed by atoms with van der Waals surface area (Å²) in [4.78, 5) is 46.3. The highest BCUT2D eigenvalue weighted by Gasteiger charge is 2.29. The van der Waals surface area contributed by atoms with Gasteiger partial charge in [-0.15, -0.1) is 11.3 Å². The topological polar surface area (TPSA) is 73.8 Å². The van der Waals surface area contributed by atoms with Crippen molar-refractivity contribution in [3.8, 4) is 0 Å². The van der Waals surface area contributed by atoms with E-state index < -0.39 is 0 Å². The first-order valence-corrected chi connectivity index (χ1v) is 10.7. The van der Waals surface area contributed by atoms with Crippen molar-refractivity contribution in [2.24, 2.45) is 0 Å². The van der Waals surface area contributed by atoms with E-state index in [1.807, 2.05) is 24.0 Å². The number of aryl methyl sites for hydroxylation is 1. The Morgan fingerprint density at radius 3 is 2.24 bits per heavy atom. The molecule has 2 saturated heterocycles. The van der Waals surface area contributed by atoms with Crippen LogP contribution in [0.25, 0.3) is 0 Å². The first-order valence-electron chi connectivity index (χ1n) is 9.84. The first-order chi connectivity index (χ1) is 14.0. The van der Waals surface area contributed by atoms with Gasteiger partial charge in [0.15, 0.2) is 0 Å². The minimum Gasteiger partial charge on any atom is -0.336 e. The third-order valence-electron chi connectivity index (χ3n) is 5.41. The number of nitrogens with zero attached hydrogens (tertiary/aromatic N) is 4. The molecule has 2 aromatic rings. The molecule has 8 heteroatoms. The van der Waals surface area contributed by atoms with Crippen LogP contribution in [-0.4, -0.2) is 63.6 Å². The van der Waals surface area contributed by atoms with Crippen LogP contribution < -0.4 is 0 Å². The van der Waals surface area contributed by atoms with Gasteiger partial charge in [-0.25, -0.2) is 4.98 Å². The van der Waals surface area contributed by atoms with E-state index in [-0.39, 0.29) is 24.3 Å². The Balaban J connectivity index is 1.30. The summed E-state index contributed by atoms with van der Waals surface area (Å²) in [6, 6.07) is 7.22. The fraction of sp³-hybridized carbons (Fsp3) is 0.429. The molecule has 2 aliphatic rings. The molecule has 0 atom stereocenters. The summed E-state index contributed by atoms with van der Waals surface area (Å²) in [5, 5.41) is 3.17. The number of hydrogen-bond donors (Lipinski definition) is 0. The van der Waals surface area contributed by atoms with Gasteiger partial charge in [-0.2, -0.15) is 0 Å². The van der Waals surface area contributed by atoms with Gasteiger partial charge in [0.05, 0.1) is 17.2 Å². The second-order valence-electron chi connectivity index (χ2n) is 7.50. The lowest BCUT2D eigenvalue weighted by Crippen LogP contribution is -2.48. The Morgan fingerprint density at radius 2 is 1.66 bits per heavy atom. The van der Waals surface area contributed by atoms with Crippen LogP contribution in [0.2, 0.25) is 0 Å². The summed E-state index contributed by atoms with van der Waals surface area (Å²) >= 11 is 1.66. The molecule has 0 bridgehead atoms. The van der Waals surface area contributed by atoms with Crippen molar-refractivity contribution in [3.63, 3.8) is 0 Å². The molecule has 0 unspecified atom stereocenters. The van der Waals surface area contributed by atoms with Crippen molar-refractivity contribution in [1.29, 1.82) is 0 Å². The highest BCUT2D eigenvalue weighted by atomic mass is 32.1. The molecule has 1 aromatic heterocycles.